The average Bonchev–Trinajstić information content (AvgIpc) is 2.86. The van der Waals surface area contributed by atoms with Crippen molar-refractivity contribution in [3.63, 3.8) is 0 Å². The van der Waals surface area contributed by atoms with Crippen LogP contribution in [0.4, 0.5) is 4.79 Å². The standard InChI is InChI=1S/C21H38N4O4S/c1-5-14-30(28,29)23-17-8-12-24(13-9-17)15-25-18(26)21(22-19(25)27)10-6-16(7-11-21)20(2,3)4/h16-17,23H,5-15H2,1-4H3,(H,22,27). The molecule has 1 saturated carbocycles. The van der Waals surface area contributed by atoms with Gasteiger partial charge in [-0.2, -0.15) is 0 Å². The monoisotopic (exact) mass is 442 g/mol. The molecule has 0 radical (unpaired) electrons. The molecule has 2 saturated heterocycles. The third-order valence-corrected chi connectivity index (χ3v) is 8.70. The van der Waals surface area contributed by atoms with Crippen molar-refractivity contribution < 1.29 is 18.0 Å². The molecule has 172 valence electrons. The van der Waals surface area contributed by atoms with Gasteiger partial charge in [0.2, 0.25) is 10.0 Å². The van der Waals surface area contributed by atoms with Gasteiger partial charge in [0.15, 0.2) is 0 Å². The first-order valence-corrected chi connectivity index (χ1v) is 13.0. The van der Waals surface area contributed by atoms with E-state index in [2.05, 4.69) is 35.7 Å². The van der Waals surface area contributed by atoms with Crippen LogP contribution in [0, 0.1) is 11.3 Å². The highest BCUT2D eigenvalue weighted by Gasteiger charge is 2.53. The number of likely N-dealkylation sites (tertiary alicyclic amines) is 1. The SMILES string of the molecule is CCCS(=O)(=O)NC1CCN(CN2C(=O)NC3(CCC(C(C)(C)C)CC3)C2=O)CC1. The van der Waals surface area contributed by atoms with Crippen LogP contribution < -0.4 is 10.0 Å². The molecule has 0 aromatic carbocycles. The van der Waals surface area contributed by atoms with E-state index in [-0.39, 0.29) is 35.8 Å². The van der Waals surface area contributed by atoms with Gasteiger partial charge in [0, 0.05) is 19.1 Å². The van der Waals surface area contributed by atoms with E-state index in [4.69, 9.17) is 0 Å². The number of urea groups is 1. The second-order valence-electron chi connectivity index (χ2n) is 10.4. The fourth-order valence-corrected chi connectivity index (χ4v) is 6.49. The largest absolute Gasteiger partial charge is 0.326 e. The van der Waals surface area contributed by atoms with Crippen molar-refractivity contribution in [3.8, 4) is 0 Å². The lowest BCUT2D eigenvalue weighted by atomic mass is 9.67. The van der Waals surface area contributed by atoms with Gasteiger partial charge < -0.3 is 5.32 Å². The van der Waals surface area contributed by atoms with E-state index in [1.54, 1.807) is 0 Å². The normalized spacial score (nSPS) is 29.6. The molecular formula is C21H38N4O4S. The van der Waals surface area contributed by atoms with Crippen LogP contribution in [-0.4, -0.2) is 67.2 Å². The molecule has 0 bridgehead atoms. The predicted molar refractivity (Wildman–Crippen MR) is 116 cm³/mol. The molecule has 3 rings (SSSR count). The highest BCUT2D eigenvalue weighted by atomic mass is 32.2. The Morgan fingerprint density at radius 1 is 1.10 bits per heavy atom. The summed E-state index contributed by atoms with van der Waals surface area (Å²) >= 11 is 0. The number of imide groups is 1. The van der Waals surface area contributed by atoms with Crippen LogP contribution in [0.2, 0.25) is 0 Å². The van der Waals surface area contributed by atoms with Crippen molar-refractivity contribution in [1.82, 2.24) is 19.8 Å². The summed E-state index contributed by atoms with van der Waals surface area (Å²) in [5, 5.41) is 3.00. The fourth-order valence-electron chi connectivity index (χ4n) is 5.09. The Kier molecular flexibility index (Phi) is 6.84. The zero-order valence-electron chi connectivity index (χ0n) is 18.9. The number of rotatable bonds is 6. The number of carbonyl (C=O) groups excluding carboxylic acids is 2. The summed E-state index contributed by atoms with van der Waals surface area (Å²) in [7, 11) is -3.22. The fraction of sp³-hybridized carbons (Fsp3) is 0.905. The highest BCUT2D eigenvalue weighted by Crippen LogP contribution is 2.43. The smallest absolute Gasteiger partial charge is 0.323 e. The first-order valence-electron chi connectivity index (χ1n) is 11.3. The highest BCUT2D eigenvalue weighted by molar-refractivity contribution is 7.89. The first-order chi connectivity index (χ1) is 14.0. The minimum Gasteiger partial charge on any atom is -0.323 e. The summed E-state index contributed by atoms with van der Waals surface area (Å²) in [6, 6.07) is -0.361. The number of hydrogen-bond acceptors (Lipinski definition) is 5. The second-order valence-corrected chi connectivity index (χ2v) is 12.2. The minimum absolute atomic E-state index is 0.0695. The Labute approximate surface area is 181 Å². The average molecular weight is 443 g/mol. The number of amides is 3. The van der Waals surface area contributed by atoms with E-state index in [0.717, 1.165) is 12.8 Å². The van der Waals surface area contributed by atoms with Gasteiger partial charge >= 0.3 is 6.03 Å². The van der Waals surface area contributed by atoms with Crippen molar-refractivity contribution in [2.45, 2.75) is 84.2 Å². The Balaban J connectivity index is 1.52. The van der Waals surface area contributed by atoms with Crippen LogP contribution in [0.1, 0.15) is 72.6 Å². The van der Waals surface area contributed by atoms with Gasteiger partial charge in [0.05, 0.1) is 12.4 Å². The Morgan fingerprint density at radius 3 is 2.23 bits per heavy atom. The van der Waals surface area contributed by atoms with E-state index >= 15 is 0 Å². The van der Waals surface area contributed by atoms with Crippen LogP contribution in [0.5, 0.6) is 0 Å². The molecule has 3 amide bonds. The zero-order valence-corrected chi connectivity index (χ0v) is 19.7. The number of carbonyl (C=O) groups is 2. The third-order valence-electron chi connectivity index (χ3n) is 7.06. The van der Waals surface area contributed by atoms with Gasteiger partial charge in [-0.25, -0.2) is 22.8 Å². The van der Waals surface area contributed by atoms with Crippen molar-refractivity contribution in [2.75, 3.05) is 25.5 Å². The molecule has 0 aromatic heterocycles. The summed E-state index contributed by atoms with van der Waals surface area (Å²) in [6.45, 7) is 10.2. The van der Waals surface area contributed by atoms with E-state index < -0.39 is 15.6 Å². The first kappa shape index (κ1) is 23.5. The van der Waals surface area contributed by atoms with E-state index in [1.807, 2.05) is 6.92 Å². The Morgan fingerprint density at radius 2 is 1.70 bits per heavy atom. The van der Waals surface area contributed by atoms with Crippen molar-refractivity contribution in [3.05, 3.63) is 0 Å². The van der Waals surface area contributed by atoms with Gasteiger partial charge in [-0.1, -0.05) is 27.7 Å². The summed E-state index contributed by atoms with van der Waals surface area (Å²) in [4.78, 5) is 29.2. The second kappa shape index (κ2) is 8.74. The molecule has 2 heterocycles. The predicted octanol–water partition coefficient (Wildman–Crippen LogP) is 2.26. The number of nitrogens with one attached hydrogen (secondary N) is 2. The van der Waals surface area contributed by atoms with Crippen molar-refractivity contribution >= 4 is 22.0 Å². The van der Waals surface area contributed by atoms with Crippen LogP contribution in [0.3, 0.4) is 0 Å². The van der Waals surface area contributed by atoms with Gasteiger partial charge in [0.1, 0.15) is 5.54 Å². The molecule has 1 aliphatic carbocycles. The number of hydrogen-bond donors (Lipinski definition) is 2. The molecule has 9 heteroatoms. The third kappa shape index (κ3) is 5.16. The molecule has 0 unspecified atom stereocenters. The lowest BCUT2D eigenvalue weighted by Crippen LogP contribution is -2.52. The lowest BCUT2D eigenvalue weighted by Gasteiger charge is -2.40. The molecule has 3 aliphatic rings. The molecule has 2 N–H and O–H groups in total. The number of piperidine rings is 1. The Bertz CT molecular complexity index is 745. The van der Waals surface area contributed by atoms with Gasteiger partial charge in [-0.05, 0) is 56.3 Å². The van der Waals surface area contributed by atoms with Crippen LogP contribution in [0.25, 0.3) is 0 Å². The van der Waals surface area contributed by atoms with E-state index in [9.17, 15) is 18.0 Å². The minimum atomic E-state index is -3.22. The molecule has 2 aliphatic heterocycles. The molecule has 0 atom stereocenters. The maximum atomic E-state index is 13.2. The quantitative estimate of drug-likeness (QED) is 0.615. The van der Waals surface area contributed by atoms with Crippen LogP contribution >= 0.6 is 0 Å². The van der Waals surface area contributed by atoms with Crippen molar-refractivity contribution in [2.24, 2.45) is 11.3 Å². The summed E-state index contributed by atoms with van der Waals surface area (Å²) in [5.74, 6) is 0.622. The van der Waals surface area contributed by atoms with Gasteiger partial charge in [-0.3, -0.25) is 9.69 Å². The lowest BCUT2D eigenvalue weighted by molar-refractivity contribution is -0.134. The van der Waals surface area contributed by atoms with E-state index in [0.29, 0.717) is 51.1 Å². The number of nitrogens with zero attached hydrogens (tertiary/aromatic N) is 2. The molecule has 8 nitrogen and oxygen atoms in total. The molecule has 30 heavy (non-hydrogen) atoms. The maximum absolute atomic E-state index is 13.2. The molecule has 1 spiro atoms. The molecular weight excluding hydrogens is 404 g/mol. The van der Waals surface area contributed by atoms with Crippen LogP contribution in [0.15, 0.2) is 0 Å². The Hall–Kier alpha value is -1.19. The van der Waals surface area contributed by atoms with E-state index in [1.165, 1.54) is 4.90 Å². The number of sulfonamides is 1. The summed E-state index contributed by atoms with van der Waals surface area (Å²) in [6.07, 6.45) is 5.28. The summed E-state index contributed by atoms with van der Waals surface area (Å²) < 4.78 is 26.7. The van der Waals surface area contributed by atoms with Gasteiger partial charge in [0.25, 0.3) is 5.91 Å². The zero-order chi connectivity index (χ0) is 22.2. The van der Waals surface area contributed by atoms with Crippen LogP contribution in [-0.2, 0) is 14.8 Å². The topological polar surface area (TPSA) is 98.8 Å². The summed E-state index contributed by atoms with van der Waals surface area (Å²) in [5.41, 5.74) is -0.511. The van der Waals surface area contributed by atoms with Crippen molar-refractivity contribution in [1.29, 1.82) is 0 Å². The van der Waals surface area contributed by atoms with Gasteiger partial charge in [-0.15, -0.1) is 0 Å². The molecule has 3 fully saturated rings. The maximum Gasteiger partial charge on any atom is 0.326 e. The molecule has 0 aromatic rings.